The fourth-order valence-electron chi connectivity index (χ4n) is 3.40. The standard InChI is InChI=1S/C24H19ClN4O7S3/c1-14(30)26-20-11-10-17(12-19(20)23(31)32)39(35,36)29-24-27-22(13-37-24)18-4-2-3-5-21(18)28-38(33,34)16-8-6-15(25)7-9-16/h2-13,28H,1H3,(H,26,30)(H,27,29)(H,31,32). The van der Waals surface area contributed by atoms with Gasteiger partial charge < -0.3 is 10.4 Å². The first-order valence-corrected chi connectivity index (χ1v) is 15.1. The summed E-state index contributed by atoms with van der Waals surface area (Å²) in [4.78, 5) is 26.9. The normalized spacial score (nSPS) is 11.5. The summed E-state index contributed by atoms with van der Waals surface area (Å²) < 4.78 is 56.5. The highest BCUT2D eigenvalue weighted by molar-refractivity contribution is 7.93. The van der Waals surface area contributed by atoms with E-state index in [1.165, 1.54) is 48.7 Å². The molecule has 0 aliphatic carbocycles. The van der Waals surface area contributed by atoms with Crippen LogP contribution >= 0.6 is 22.9 Å². The maximum atomic E-state index is 13.0. The maximum Gasteiger partial charge on any atom is 0.337 e. The third kappa shape index (κ3) is 6.54. The number of amides is 1. The lowest BCUT2D eigenvalue weighted by molar-refractivity contribution is -0.114. The molecule has 1 heterocycles. The van der Waals surface area contributed by atoms with E-state index >= 15 is 0 Å². The van der Waals surface area contributed by atoms with Crippen LogP contribution in [0.2, 0.25) is 5.02 Å². The van der Waals surface area contributed by atoms with E-state index in [-0.39, 0.29) is 26.3 Å². The van der Waals surface area contributed by atoms with Crippen LogP contribution < -0.4 is 14.8 Å². The van der Waals surface area contributed by atoms with Gasteiger partial charge in [-0.2, -0.15) is 0 Å². The lowest BCUT2D eigenvalue weighted by atomic mass is 10.1. The van der Waals surface area contributed by atoms with Gasteiger partial charge in [-0.1, -0.05) is 29.8 Å². The summed E-state index contributed by atoms with van der Waals surface area (Å²) in [6, 6.07) is 15.3. The molecule has 4 aromatic rings. The first kappa shape index (κ1) is 28.0. The molecule has 0 spiro atoms. The summed E-state index contributed by atoms with van der Waals surface area (Å²) in [5.74, 6) is -1.94. The monoisotopic (exact) mass is 606 g/mol. The Labute approximate surface area is 232 Å². The molecule has 39 heavy (non-hydrogen) atoms. The van der Waals surface area contributed by atoms with E-state index < -0.39 is 37.5 Å². The van der Waals surface area contributed by atoms with Crippen molar-refractivity contribution in [3.05, 3.63) is 82.7 Å². The number of nitrogens with one attached hydrogen (secondary N) is 3. The van der Waals surface area contributed by atoms with Crippen molar-refractivity contribution >= 4 is 71.4 Å². The number of carbonyl (C=O) groups excluding carboxylic acids is 1. The zero-order valence-corrected chi connectivity index (χ0v) is 23.1. The van der Waals surface area contributed by atoms with Crippen molar-refractivity contribution in [3.8, 4) is 11.3 Å². The molecule has 202 valence electrons. The molecule has 0 saturated heterocycles. The number of nitrogens with zero attached hydrogens (tertiary/aromatic N) is 1. The number of carbonyl (C=O) groups is 2. The molecule has 1 amide bonds. The van der Waals surface area contributed by atoms with E-state index in [0.29, 0.717) is 16.3 Å². The van der Waals surface area contributed by atoms with E-state index in [1.807, 2.05) is 0 Å². The van der Waals surface area contributed by atoms with E-state index in [2.05, 4.69) is 19.7 Å². The highest BCUT2D eigenvalue weighted by Crippen LogP contribution is 2.33. The van der Waals surface area contributed by atoms with Gasteiger partial charge in [0, 0.05) is 22.9 Å². The number of thiazole rings is 1. The topological polar surface area (TPSA) is 172 Å². The number of hydrogen-bond acceptors (Lipinski definition) is 8. The van der Waals surface area contributed by atoms with Gasteiger partial charge in [0.05, 0.1) is 32.4 Å². The molecule has 0 saturated carbocycles. The molecular weight excluding hydrogens is 588 g/mol. The van der Waals surface area contributed by atoms with Crippen LogP contribution in [-0.4, -0.2) is 38.8 Å². The van der Waals surface area contributed by atoms with Crippen LogP contribution in [0.5, 0.6) is 0 Å². The molecule has 0 unspecified atom stereocenters. The zero-order chi connectivity index (χ0) is 28.4. The highest BCUT2D eigenvalue weighted by atomic mass is 35.5. The van der Waals surface area contributed by atoms with Crippen LogP contribution in [0.4, 0.5) is 16.5 Å². The van der Waals surface area contributed by atoms with Crippen molar-refractivity contribution in [1.29, 1.82) is 0 Å². The molecule has 11 nitrogen and oxygen atoms in total. The highest BCUT2D eigenvalue weighted by Gasteiger charge is 2.22. The number of aromatic nitrogens is 1. The number of hydrogen-bond donors (Lipinski definition) is 4. The van der Waals surface area contributed by atoms with Crippen molar-refractivity contribution in [1.82, 2.24) is 4.98 Å². The van der Waals surface area contributed by atoms with E-state index in [1.54, 1.807) is 18.2 Å². The number of aromatic carboxylic acids is 1. The van der Waals surface area contributed by atoms with Gasteiger partial charge >= 0.3 is 5.97 Å². The Morgan fingerprint density at radius 1 is 0.872 bits per heavy atom. The SMILES string of the molecule is CC(=O)Nc1ccc(S(=O)(=O)Nc2nc(-c3ccccc3NS(=O)(=O)c3ccc(Cl)cc3)cs2)cc1C(=O)O. The molecule has 15 heteroatoms. The molecule has 0 atom stereocenters. The van der Waals surface area contributed by atoms with Gasteiger partial charge in [-0.25, -0.2) is 26.6 Å². The van der Waals surface area contributed by atoms with Gasteiger partial charge in [-0.3, -0.25) is 14.2 Å². The van der Waals surface area contributed by atoms with Crippen molar-refractivity contribution in [2.45, 2.75) is 16.7 Å². The number of para-hydroxylation sites is 1. The summed E-state index contributed by atoms with van der Waals surface area (Å²) in [5.41, 5.74) is 0.439. The Bertz CT molecular complexity index is 1790. The number of anilines is 3. The minimum Gasteiger partial charge on any atom is -0.478 e. The molecule has 0 aliphatic heterocycles. The number of carboxylic acid groups (broad SMARTS) is 1. The minimum absolute atomic E-state index is 0.00122. The van der Waals surface area contributed by atoms with Crippen molar-refractivity contribution < 1.29 is 31.5 Å². The molecule has 1 aromatic heterocycles. The van der Waals surface area contributed by atoms with E-state index in [0.717, 1.165) is 23.5 Å². The number of carboxylic acids is 1. The molecule has 4 rings (SSSR count). The number of sulfonamides is 2. The lowest BCUT2D eigenvalue weighted by Crippen LogP contribution is -2.16. The van der Waals surface area contributed by atoms with Gasteiger partial charge in [0.25, 0.3) is 20.0 Å². The lowest BCUT2D eigenvalue weighted by Gasteiger charge is -2.12. The summed E-state index contributed by atoms with van der Waals surface area (Å²) in [5, 5.41) is 13.7. The van der Waals surface area contributed by atoms with Crippen LogP contribution in [0.25, 0.3) is 11.3 Å². The third-order valence-corrected chi connectivity index (χ3v) is 9.00. The second-order valence-electron chi connectivity index (χ2n) is 7.94. The fourth-order valence-corrected chi connectivity index (χ4v) is 6.59. The zero-order valence-electron chi connectivity index (χ0n) is 19.9. The minimum atomic E-state index is -4.26. The van der Waals surface area contributed by atoms with Gasteiger partial charge in [-0.15, -0.1) is 11.3 Å². The van der Waals surface area contributed by atoms with E-state index in [4.69, 9.17) is 11.6 Å². The average molecular weight is 607 g/mol. The summed E-state index contributed by atoms with van der Waals surface area (Å²) in [6.07, 6.45) is 0. The van der Waals surface area contributed by atoms with Crippen LogP contribution in [0, 0.1) is 0 Å². The number of benzene rings is 3. The number of rotatable bonds is 9. The molecular formula is C24H19ClN4O7S3. The Hall–Kier alpha value is -3.98. The molecule has 4 N–H and O–H groups in total. The van der Waals surface area contributed by atoms with Crippen LogP contribution in [0.3, 0.4) is 0 Å². The second kappa shape index (κ2) is 11.0. The summed E-state index contributed by atoms with van der Waals surface area (Å²) in [6.45, 7) is 1.19. The van der Waals surface area contributed by atoms with Gasteiger partial charge in [0.15, 0.2) is 5.13 Å². The Morgan fingerprint density at radius 2 is 1.51 bits per heavy atom. The van der Waals surface area contributed by atoms with Crippen molar-refractivity contribution in [2.24, 2.45) is 0 Å². The molecule has 0 aliphatic rings. The van der Waals surface area contributed by atoms with E-state index in [9.17, 15) is 31.5 Å². The molecule has 0 radical (unpaired) electrons. The molecule has 0 bridgehead atoms. The number of halogens is 1. The quantitative estimate of drug-likeness (QED) is 0.212. The van der Waals surface area contributed by atoms with Crippen LogP contribution in [0.15, 0.2) is 81.9 Å². The van der Waals surface area contributed by atoms with Gasteiger partial charge in [0.1, 0.15) is 0 Å². The van der Waals surface area contributed by atoms with Crippen LogP contribution in [-0.2, 0) is 24.8 Å². The van der Waals surface area contributed by atoms with Gasteiger partial charge in [-0.05, 0) is 48.5 Å². The summed E-state index contributed by atoms with van der Waals surface area (Å²) >= 11 is 6.79. The first-order valence-electron chi connectivity index (χ1n) is 10.9. The first-order chi connectivity index (χ1) is 18.4. The predicted octanol–water partition coefficient (Wildman–Crippen LogP) is 4.72. The smallest absolute Gasteiger partial charge is 0.337 e. The second-order valence-corrected chi connectivity index (χ2v) is 12.6. The third-order valence-electron chi connectivity index (χ3n) is 5.14. The molecule has 3 aromatic carbocycles. The fraction of sp³-hybridized carbons (Fsp3) is 0.0417. The largest absolute Gasteiger partial charge is 0.478 e. The Morgan fingerprint density at radius 3 is 2.18 bits per heavy atom. The van der Waals surface area contributed by atoms with Crippen LogP contribution in [0.1, 0.15) is 17.3 Å². The average Bonchev–Trinajstić information content (AvgIpc) is 3.31. The molecule has 0 fully saturated rings. The van der Waals surface area contributed by atoms with Gasteiger partial charge in [0.2, 0.25) is 5.91 Å². The Kier molecular flexibility index (Phi) is 7.92. The predicted molar refractivity (Wildman–Crippen MR) is 148 cm³/mol. The summed E-state index contributed by atoms with van der Waals surface area (Å²) in [7, 11) is -8.22. The van der Waals surface area contributed by atoms with Crippen molar-refractivity contribution in [3.63, 3.8) is 0 Å². The Balaban J connectivity index is 1.60. The maximum absolute atomic E-state index is 13.0. The van der Waals surface area contributed by atoms with Crippen molar-refractivity contribution in [2.75, 3.05) is 14.8 Å².